The summed E-state index contributed by atoms with van der Waals surface area (Å²) in [7, 11) is 0. The number of esters is 2. The van der Waals surface area contributed by atoms with Gasteiger partial charge in [0.2, 0.25) is 0 Å². The maximum absolute atomic E-state index is 12.4. The van der Waals surface area contributed by atoms with Gasteiger partial charge in [0.25, 0.3) is 0 Å². The highest BCUT2D eigenvalue weighted by atomic mass is 35.5. The molecular formula is C16H22ClF3N2O5S2. The number of rotatable bonds is 5. The Morgan fingerprint density at radius 1 is 1.21 bits per heavy atom. The van der Waals surface area contributed by atoms with Gasteiger partial charge in [-0.1, -0.05) is 12.2 Å². The van der Waals surface area contributed by atoms with Crippen LogP contribution in [0.25, 0.3) is 0 Å². The van der Waals surface area contributed by atoms with Crippen LogP contribution in [0.2, 0.25) is 0 Å². The molecule has 0 aliphatic heterocycles. The molecular weight excluding hydrogens is 457 g/mol. The van der Waals surface area contributed by atoms with Crippen molar-refractivity contribution < 1.29 is 37.0 Å². The normalized spacial score (nSPS) is 11.1. The van der Waals surface area contributed by atoms with Crippen molar-refractivity contribution in [1.82, 2.24) is 4.98 Å². The molecule has 0 saturated heterocycles. The third kappa shape index (κ3) is 13.1. The highest BCUT2D eigenvalue weighted by Gasteiger charge is 2.39. The Labute approximate surface area is 180 Å². The second-order valence-corrected chi connectivity index (χ2v) is 7.25. The standard InChI is InChI=1S/C8H8F3NO2S.C6H9ClO3.C2H5NS/c1-3-14-7(13)5-6(8(9,10)11)12-4(2)15-5;1-3-10-6(9)5(7)4(2)8;1-2(3)4/h3H2,1-2H3;5H,3H2,1-2H3;1H3,(H2,3,4). The molecule has 1 heterocycles. The molecule has 1 unspecified atom stereocenters. The molecule has 0 spiro atoms. The number of nitrogens with zero attached hydrogens (tertiary/aromatic N) is 1. The summed E-state index contributed by atoms with van der Waals surface area (Å²) in [6, 6.07) is 0. The topological polar surface area (TPSA) is 109 Å². The number of hydrogen-bond donors (Lipinski definition) is 1. The van der Waals surface area contributed by atoms with Gasteiger partial charge in [-0.2, -0.15) is 13.2 Å². The predicted molar refractivity (Wildman–Crippen MR) is 107 cm³/mol. The summed E-state index contributed by atoms with van der Waals surface area (Å²) in [5.41, 5.74) is 3.68. The van der Waals surface area contributed by atoms with E-state index >= 15 is 0 Å². The zero-order valence-corrected chi connectivity index (χ0v) is 18.8. The lowest BCUT2D eigenvalue weighted by Crippen LogP contribution is -2.24. The molecule has 29 heavy (non-hydrogen) atoms. The van der Waals surface area contributed by atoms with Gasteiger partial charge in [0.15, 0.2) is 16.9 Å². The molecule has 0 aliphatic carbocycles. The van der Waals surface area contributed by atoms with Crippen LogP contribution in [-0.4, -0.2) is 46.3 Å². The SMILES string of the molecule is CC(N)=S.CCOC(=O)C(Cl)C(C)=O.CCOC(=O)c1sc(C)nc1C(F)(F)F. The first-order chi connectivity index (χ1) is 13.2. The molecule has 166 valence electrons. The zero-order chi connectivity index (χ0) is 23.4. The number of thiazole rings is 1. The second-order valence-electron chi connectivity index (χ2n) is 4.96. The third-order valence-corrected chi connectivity index (χ3v) is 3.75. The Morgan fingerprint density at radius 2 is 1.66 bits per heavy atom. The number of nitrogens with two attached hydrogens (primary N) is 1. The fourth-order valence-electron chi connectivity index (χ4n) is 1.34. The third-order valence-electron chi connectivity index (χ3n) is 2.31. The number of ether oxygens (including phenoxy) is 2. The van der Waals surface area contributed by atoms with E-state index in [2.05, 4.69) is 26.7 Å². The molecule has 1 atom stereocenters. The van der Waals surface area contributed by atoms with Crippen LogP contribution in [-0.2, 0) is 25.2 Å². The van der Waals surface area contributed by atoms with E-state index in [1.807, 2.05) is 0 Å². The van der Waals surface area contributed by atoms with Gasteiger partial charge in [0, 0.05) is 0 Å². The van der Waals surface area contributed by atoms with Crippen LogP contribution in [0.3, 0.4) is 0 Å². The number of halogens is 4. The van der Waals surface area contributed by atoms with E-state index in [1.54, 1.807) is 13.8 Å². The van der Waals surface area contributed by atoms with E-state index in [4.69, 9.17) is 17.3 Å². The molecule has 1 aromatic heterocycles. The lowest BCUT2D eigenvalue weighted by molar-refractivity contribution is -0.145. The van der Waals surface area contributed by atoms with Crippen LogP contribution in [0.5, 0.6) is 0 Å². The van der Waals surface area contributed by atoms with Gasteiger partial charge in [-0.15, -0.1) is 22.9 Å². The zero-order valence-electron chi connectivity index (χ0n) is 16.4. The lowest BCUT2D eigenvalue weighted by Gasteiger charge is -2.05. The molecule has 2 N–H and O–H groups in total. The van der Waals surface area contributed by atoms with Gasteiger partial charge in [-0.05, 0) is 34.6 Å². The maximum Gasteiger partial charge on any atom is 0.435 e. The lowest BCUT2D eigenvalue weighted by atomic mass is 10.3. The largest absolute Gasteiger partial charge is 0.465 e. The summed E-state index contributed by atoms with van der Waals surface area (Å²) in [5.74, 6) is -2.03. The first-order valence-electron chi connectivity index (χ1n) is 7.97. The number of Topliss-reactive ketones (excluding diaryl/α,β-unsaturated/α-hetero) is 1. The Bertz CT molecular complexity index is 707. The summed E-state index contributed by atoms with van der Waals surface area (Å²) in [5, 5.41) is -0.953. The Kier molecular flexibility index (Phi) is 14.4. The van der Waals surface area contributed by atoms with Crippen molar-refractivity contribution in [3.63, 3.8) is 0 Å². The van der Waals surface area contributed by atoms with Crippen molar-refractivity contribution in [2.24, 2.45) is 5.73 Å². The van der Waals surface area contributed by atoms with Gasteiger partial charge in [0.05, 0.1) is 23.2 Å². The molecule has 0 amide bonds. The first-order valence-corrected chi connectivity index (χ1v) is 9.63. The van der Waals surface area contributed by atoms with Crippen LogP contribution in [0.15, 0.2) is 0 Å². The summed E-state index contributed by atoms with van der Waals surface area (Å²) >= 11 is 10.3. The van der Waals surface area contributed by atoms with Crippen molar-refractivity contribution in [3.8, 4) is 0 Å². The fourth-order valence-corrected chi connectivity index (χ4v) is 2.23. The molecule has 13 heteroatoms. The van der Waals surface area contributed by atoms with E-state index in [0.717, 1.165) is 0 Å². The summed E-state index contributed by atoms with van der Waals surface area (Å²) in [6.07, 6.45) is -4.62. The minimum atomic E-state index is -4.62. The number of thiocarbonyl (C=S) groups is 1. The Morgan fingerprint density at radius 3 is 2.00 bits per heavy atom. The van der Waals surface area contributed by atoms with Crippen molar-refractivity contribution in [3.05, 3.63) is 15.6 Å². The molecule has 0 fully saturated rings. The smallest absolute Gasteiger partial charge is 0.435 e. The van der Waals surface area contributed by atoms with E-state index < -0.39 is 34.1 Å². The van der Waals surface area contributed by atoms with Gasteiger partial charge in [-0.3, -0.25) is 4.79 Å². The van der Waals surface area contributed by atoms with E-state index in [1.165, 1.54) is 20.8 Å². The molecule has 0 bridgehead atoms. The Balaban J connectivity index is 0. The molecule has 0 aromatic carbocycles. The average molecular weight is 479 g/mol. The van der Waals surface area contributed by atoms with Crippen molar-refractivity contribution in [2.45, 2.75) is 46.2 Å². The predicted octanol–water partition coefficient (Wildman–Crippen LogP) is 3.69. The minimum Gasteiger partial charge on any atom is -0.465 e. The van der Waals surface area contributed by atoms with Gasteiger partial charge < -0.3 is 15.2 Å². The van der Waals surface area contributed by atoms with Crippen LogP contribution in [0.4, 0.5) is 13.2 Å². The summed E-state index contributed by atoms with van der Waals surface area (Å²) in [4.78, 5) is 35.5. The quantitative estimate of drug-likeness (QED) is 0.295. The molecule has 0 aliphatic rings. The minimum absolute atomic E-state index is 0.0348. The Hall–Kier alpha value is -1.79. The van der Waals surface area contributed by atoms with Crippen LogP contribution < -0.4 is 5.73 Å². The van der Waals surface area contributed by atoms with E-state index in [-0.39, 0.29) is 24.0 Å². The van der Waals surface area contributed by atoms with Crippen molar-refractivity contribution >= 4 is 57.9 Å². The number of aryl methyl sites for hydroxylation is 1. The highest BCUT2D eigenvalue weighted by Crippen LogP contribution is 2.34. The van der Waals surface area contributed by atoms with E-state index in [0.29, 0.717) is 16.3 Å². The monoisotopic (exact) mass is 478 g/mol. The number of aromatic nitrogens is 1. The molecule has 1 rings (SSSR count). The van der Waals surface area contributed by atoms with Crippen LogP contribution in [0, 0.1) is 6.92 Å². The number of ketones is 1. The molecule has 0 saturated carbocycles. The fraction of sp³-hybridized carbons (Fsp3) is 0.562. The van der Waals surface area contributed by atoms with Gasteiger partial charge in [-0.25, -0.2) is 14.6 Å². The number of alkyl halides is 4. The molecule has 7 nitrogen and oxygen atoms in total. The van der Waals surface area contributed by atoms with E-state index in [9.17, 15) is 27.6 Å². The number of carbonyl (C=O) groups excluding carboxylic acids is 3. The molecule has 1 aromatic rings. The van der Waals surface area contributed by atoms with Gasteiger partial charge >= 0.3 is 18.1 Å². The number of hydrogen-bond acceptors (Lipinski definition) is 8. The van der Waals surface area contributed by atoms with Crippen LogP contribution in [0.1, 0.15) is 48.1 Å². The average Bonchev–Trinajstić information content (AvgIpc) is 2.97. The second kappa shape index (κ2) is 14.2. The maximum atomic E-state index is 12.4. The highest BCUT2D eigenvalue weighted by molar-refractivity contribution is 7.80. The molecule has 0 radical (unpaired) electrons. The summed E-state index contributed by atoms with van der Waals surface area (Å²) in [6.45, 7) is 7.79. The first kappa shape index (κ1) is 29.4. The van der Waals surface area contributed by atoms with Gasteiger partial charge in [0.1, 0.15) is 4.88 Å². The van der Waals surface area contributed by atoms with Crippen LogP contribution >= 0.6 is 35.2 Å². The van der Waals surface area contributed by atoms with Crippen molar-refractivity contribution in [2.75, 3.05) is 13.2 Å². The summed E-state index contributed by atoms with van der Waals surface area (Å²) < 4.78 is 46.2. The number of carbonyl (C=O) groups is 3. The van der Waals surface area contributed by atoms with Crippen molar-refractivity contribution in [1.29, 1.82) is 0 Å².